The van der Waals surface area contributed by atoms with Crippen LogP contribution in [0.15, 0.2) is 40.7 Å². The zero-order valence-electron chi connectivity index (χ0n) is 17.9. The van der Waals surface area contributed by atoms with Crippen LogP contribution in [0.3, 0.4) is 0 Å². The number of carbonyl (C=O) groups is 2. The molecular weight excluding hydrogens is 410 g/mol. The van der Waals surface area contributed by atoms with E-state index >= 15 is 0 Å². The number of guanidine groups is 1. The SMILES string of the molecule is CN=C(NCCC(=O)N1CCc2sccc2C1)NCc1ccc(N2CCCC2=O)cc1. The first-order valence-electron chi connectivity index (χ1n) is 10.8. The lowest BCUT2D eigenvalue weighted by Crippen LogP contribution is -2.40. The van der Waals surface area contributed by atoms with Gasteiger partial charge in [-0.05, 0) is 47.5 Å². The van der Waals surface area contributed by atoms with Gasteiger partial charge in [-0.2, -0.15) is 0 Å². The molecule has 7 nitrogen and oxygen atoms in total. The Morgan fingerprint density at radius 1 is 1.13 bits per heavy atom. The second-order valence-corrected chi connectivity index (χ2v) is 8.85. The van der Waals surface area contributed by atoms with Gasteiger partial charge in [-0.3, -0.25) is 14.6 Å². The molecular formula is C23H29N5O2S. The molecule has 0 atom stereocenters. The monoisotopic (exact) mass is 439 g/mol. The van der Waals surface area contributed by atoms with Crippen molar-refractivity contribution in [2.75, 3.05) is 31.6 Å². The van der Waals surface area contributed by atoms with Crippen molar-refractivity contribution in [3.8, 4) is 0 Å². The Labute approximate surface area is 187 Å². The van der Waals surface area contributed by atoms with E-state index in [-0.39, 0.29) is 11.8 Å². The first kappa shape index (κ1) is 21.4. The van der Waals surface area contributed by atoms with E-state index in [1.807, 2.05) is 34.1 Å². The van der Waals surface area contributed by atoms with Crippen LogP contribution in [0.5, 0.6) is 0 Å². The molecule has 0 saturated carbocycles. The lowest BCUT2D eigenvalue weighted by Gasteiger charge is -2.27. The van der Waals surface area contributed by atoms with Crippen molar-refractivity contribution in [2.24, 2.45) is 4.99 Å². The third-order valence-electron chi connectivity index (χ3n) is 5.80. The minimum atomic E-state index is 0.173. The number of thiophene rings is 1. The van der Waals surface area contributed by atoms with E-state index in [0.717, 1.165) is 43.7 Å². The van der Waals surface area contributed by atoms with Gasteiger partial charge in [0.2, 0.25) is 11.8 Å². The molecule has 164 valence electrons. The normalized spacial score (nSPS) is 16.4. The molecule has 0 aliphatic carbocycles. The number of nitrogens with zero attached hydrogens (tertiary/aromatic N) is 3. The van der Waals surface area contributed by atoms with Crippen LogP contribution < -0.4 is 15.5 Å². The summed E-state index contributed by atoms with van der Waals surface area (Å²) in [5, 5.41) is 8.61. The molecule has 1 aromatic carbocycles. The summed E-state index contributed by atoms with van der Waals surface area (Å²) < 4.78 is 0. The summed E-state index contributed by atoms with van der Waals surface area (Å²) in [6, 6.07) is 10.2. The van der Waals surface area contributed by atoms with Crippen LogP contribution in [0.2, 0.25) is 0 Å². The molecule has 0 bridgehead atoms. The van der Waals surface area contributed by atoms with Gasteiger partial charge in [0.05, 0.1) is 0 Å². The number of carbonyl (C=O) groups excluding carboxylic acids is 2. The fourth-order valence-corrected chi connectivity index (χ4v) is 4.92. The Morgan fingerprint density at radius 3 is 2.71 bits per heavy atom. The summed E-state index contributed by atoms with van der Waals surface area (Å²) in [5.74, 6) is 1.04. The molecule has 1 aromatic heterocycles. The highest BCUT2D eigenvalue weighted by Crippen LogP contribution is 2.24. The number of aliphatic imine (C=N–C) groups is 1. The fourth-order valence-electron chi connectivity index (χ4n) is 4.03. The van der Waals surface area contributed by atoms with Crippen molar-refractivity contribution in [3.05, 3.63) is 51.7 Å². The third-order valence-corrected chi connectivity index (χ3v) is 6.82. The zero-order valence-corrected chi connectivity index (χ0v) is 18.7. The quantitative estimate of drug-likeness (QED) is 0.536. The van der Waals surface area contributed by atoms with Gasteiger partial charge in [0.15, 0.2) is 5.96 Å². The first-order chi connectivity index (χ1) is 15.1. The van der Waals surface area contributed by atoms with Crippen LogP contribution in [-0.2, 0) is 29.1 Å². The lowest BCUT2D eigenvalue weighted by atomic mass is 10.1. The fraction of sp³-hybridized carbons (Fsp3) is 0.435. The smallest absolute Gasteiger partial charge is 0.227 e. The number of rotatable bonds is 6. The van der Waals surface area contributed by atoms with Crippen molar-refractivity contribution in [2.45, 2.75) is 38.8 Å². The Bertz CT molecular complexity index is 953. The maximum absolute atomic E-state index is 12.5. The molecule has 2 N–H and O–H groups in total. The van der Waals surface area contributed by atoms with Crippen molar-refractivity contribution in [1.29, 1.82) is 0 Å². The van der Waals surface area contributed by atoms with Gasteiger partial charge < -0.3 is 20.4 Å². The van der Waals surface area contributed by atoms with Gasteiger partial charge in [-0.25, -0.2) is 0 Å². The topological polar surface area (TPSA) is 77.0 Å². The highest BCUT2D eigenvalue weighted by atomic mass is 32.1. The standard InChI is InChI=1S/C23H29N5O2S/c1-24-23(25-11-8-21(29)27-13-9-20-18(16-27)10-14-31-20)26-15-17-4-6-19(7-5-17)28-12-2-3-22(28)30/h4-7,10,14H,2-3,8-9,11-13,15-16H2,1H3,(H2,24,25,26). The summed E-state index contributed by atoms with van der Waals surface area (Å²) in [7, 11) is 1.72. The molecule has 1 fully saturated rings. The third kappa shape index (κ3) is 5.25. The minimum absolute atomic E-state index is 0.173. The number of amides is 2. The van der Waals surface area contributed by atoms with Gasteiger partial charge in [-0.15, -0.1) is 11.3 Å². The Balaban J connectivity index is 1.19. The van der Waals surface area contributed by atoms with Crippen LogP contribution >= 0.6 is 11.3 Å². The summed E-state index contributed by atoms with van der Waals surface area (Å²) >= 11 is 1.78. The molecule has 2 aromatic rings. The minimum Gasteiger partial charge on any atom is -0.356 e. The average Bonchev–Trinajstić information content (AvgIpc) is 3.44. The maximum atomic E-state index is 12.5. The summed E-state index contributed by atoms with van der Waals surface area (Å²) in [5.41, 5.74) is 3.35. The zero-order chi connectivity index (χ0) is 21.6. The van der Waals surface area contributed by atoms with E-state index in [4.69, 9.17) is 0 Å². The Hall–Kier alpha value is -2.87. The van der Waals surface area contributed by atoms with Gasteiger partial charge in [0.25, 0.3) is 0 Å². The van der Waals surface area contributed by atoms with Crippen LogP contribution in [0, 0.1) is 0 Å². The highest BCUT2D eigenvalue weighted by molar-refractivity contribution is 7.10. The molecule has 0 radical (unpaired) electrons. The maximum Gasteiger partial charge on any atom is 0.227 e. The van der Waals surface area contributed by atoms with Crippen molar-refractivity contribution < 1.29 is 9.59 Å². The molecule has 2 aliphatic heterocycles. The Kier molecular flexibility index (Phi) is 6.86. The predicted molar refractivity (Wildman–Crippen MR) is 124 cm³/mol. The van der Waals surface area contributed by atoms with Crippen molar-refractivity contribution in [1.82, 2.24) is 15.5 Å². The highest BCUT2D eigenvalue weighted by Gasteiger charge is 2.22. The van der Waals surface area contributed by atoms with Crippen LogP contribution in [0.25, 0.3) is 0 Å². The lowest BCUT2D eigenvalue weighted by molar-refractivity contribution is -0.132. The van der Waals surface area contributed by atoms with E-state index < -0.39 is 0 Å². The number of hydrogen-bond donors (Lipinski definition) is 2. The van der Waals surface area contributed by atoms with E-state index in [1.54, 1.807) is 18.4 Å². The van der Waals surface area contributed by atoms with E-state index in [2.05, 4.69) is 27.1 Å². The molecule has 31 heavy (non-hydrogen) atoms. The number of benzene rings is 1. The first-order valence-corrected chi connectivity index (χ1v) is 11.7. The van der Waals surface area contributed by atoms with E-state index in [9.17, 15) is 9.59 Å². The summed E-state index contributed by atoms with van der Waals surface area (Å²) in [6.45, 7) is 3.50. The second-order valence-electron chi connectivity index (χ2n) is 7.85. The molecule has 2 aliphatic rings. The van der Waals surface area contributed by atoms with Gasteiger partial charge in [0, 0.05) is 63.2 Å². The van der Waals surface area contributed by atoms with E-state index in [1.165, 1.54) is 10.4 Å². The summed E-state index contributed by atoms with van der Waals surface area (Å²) in [4.78, 5) is 33.9. The molecule has 0 spiro atoms. The van der Waals surface area contributed by atoms with Crippen molar-refractivity contribution in [3.63, 3.8) is 0 Å². The number of anilines is 1. The Morgan fingerprint density at radius 2 is 1.97 bits per heavy atom. The molecule has 0 unspecified atom stereocenters. The van der Waals surface area contributed by atoms with Gasteiger partial charge in [-0.1, -0.05) is 12.1 Å². The summed E-state index contributed by atoms with van der Waals surface area (Å²) in [6.07, 6.45) is 2.97. The number of fused-ring (bicyclic) bond motifs is 1. The average molecular weight is 440 g/mol. The molecule has 2 amide bonds. The largest absolute Gasteiger partial charge is 0.356 e. The number of nitrogens with one attached hydrogen (secondary N) is 2. The van der Waals surface area contributed by atoms with Crippen molar-refractivity contribution >= 4 is 34.8 Å². The van der Waals surface area contributed by atoms with Gasteiger partial charge >= 0.3 is 0 Å². The van der Waals surface area contributed by atoms with Crippen LogP contribution in [0.1, 0.15) is 35.3 Å². The van der Waals surface area contributed by atoms with Crippen LogP contribution in [-0.4, -0.2) is 49.4 Å². The predicted octanol–water partition coefficient (Wildman–Crippen LogP) is 2.51. The van der Waals surface area contributed by atoms with Crippen LogP contribution in [0.4, 0.5) is 5.69 Å². The van der Waals surface area contributed by atoms with E-state index in [0.29, 0.717) is 31.9 Å². The molecule has 8 heteroatoms. The second kappa shape index (κ2) is 9.96. The molecule has 4 rings (SSSR count). The molecule has 3 heterocycles. The molecule has 1 saturated heterocycles. The van der Waals surface area contributed by atoms with Gasteiger partial charge in [0.1, 0.15) is 0 Å². The number of hydrogen-bond acceptors (Lipinski definition) is 4.